The van der Waals surface area contributed by atoms with Gasteiger partial charge in [0.1, 0.15) is 0 Å². The van der Waals surface area contributed by atoms with Gasteiger partial charge in [-0.2, -0.15) is 0 Å². The lowest BCUT2D eigenvalue weighted by Gasteiger charge is -2.36. The molecule has 5 nitrogen and oxygen atoms in total. The quantitative estimate of drug-likeness (QED) is 0.504. The fourth-order valence-corrected chi connectivity index (χ4v) is 1.80. The van der Waals surface area contributed by atoms with Crippen LogP contribution in [0.2, 0.25) is 0 Å². The zero-order valence-electron chi connectivity index (χ0n) is 10.4. The highest BCUT2D eigenvalue weighted by molar-refractivity contribution is 5.48. The largest absolute Gasteiger partial charge is 0.338 e. The zero-order chi connectivity index (χ0) is 11.9. The van der Waals surface area contributed by atoms with Gasteiger partial charge in [0, 0.05) is 51.4 Å². The van der Waals surface area contributed by atoms with Crippen LogP contribution in [-0.4, -0.2) is 62.7 Å². The molecule has 1 rings (SSSR count). The van der Waals surface area contributed by atoms with Crippen molar-refractivity contribution in [2.75, 3.05) is 45.8 Å². The molecular weight excluding hydrogens is 204 g/mol. The molecule has 0 spiro atoms. The molecule has 0 aromatic rings. The molecule has 1 aliphatic heterocycles. The van der Waals surface area contributed by atoms with Crippen LogP contribution in [0.3, 0.4) is 0 Å². The van der Waals surface area contributed by atoms with Gasteiger partial charge < -0.3 is 20.9 Å². The van der Waals surface area contributed by atoms with E-state index in [0.29, 0.717) is 0 Å². The first-order valence-electron chi connectivity index (χ1n) is 6.01. The molecule has 0 aromatic carbocycles. The minimum atomic E-state index is -0.122. The molecule has 1 aliphatic rings. The zero-order valence-corrected chi connectivity index (χ0v) is 10.4. The smallest absolute Gasteiger partial charge is 0.210 e. The number of rotatable bonds is 1. The van der Waals surface area contributed by atoms with Crippen LogP contribution in [0, 0.1) is 0 Å². The predicted molar refractivity (Wildman–Crippen MR) is 65.5 cm³/mol. The van der Waals surface area contributed by atoms with Gasteiger partial charge in [-0.25, -0.2) is 0 Å². The number of nitrogens with one attached hydrogen (secondary N) is 3. The van der Waals surface area contributed by atoms with Crippen molar-refractivity contribution in [1.29, 1.82) is 0 Å². The Morgan fingerprint density at radius 3 is 2.19 bits per heavy atom. The van der Waals surface area contributed by atoms with Crippen LogP contribution in [0.5, 0.6) is 0 Å². The molecule has 0 atom stereocenters. The van der Waals surface area contributed by atoms with Gasteiger partial charge in [-0.15, -0.1) is 0 Å². The van der Waals surface area contributed by atoms with Crippen molar-refractivity contribution >= 4 is 6.41 Å². The normalized spacial score (nSPS) is 24.2. The highest BCUT2D eigenvalue weighted by atomic mass is 16.1. The van der Waals surface area contributed by atoms with Crippen LogP contribution < -0.4 is 16.0 Å². The van der Waals surface area contributed by atoms with Crippen molar-refractivity contribution in [2.24, 2.45) is 0 Å². The molecule has 5 heteroatoms. The third-order valence-corrected chi connectivity index (χ3v) is 2.95. The average Bonchev–Trinajstić information content (AvgIpc) is 2.23. The third kappa shape index (κ3) is 4.47. The van der Waals surface area contributed by atoms with Crippen molar-refractivity contribution < 1.29 is 4.79 Å². The Morgan fingerprint density at radius 2 is 1.56 bits per heavy atom. The molecular formula is C11H24N4O. The van der Waals surface area contributed by atoms with E-state index in [4.69, 9.17) is 0 Å². The van der Waals surface area contributed by atoms with Gasteiger partial charge in [-0.3, -0.25) is 4.79 Å². The van der Waals surface area contributed by atoms with E-state index < -0.39 is 0 Å². The number of amides is 1. The lowest BCUT2D eigenvalue weighted by atomic mass is 10.0. The van der Waals surface area contributed by atoms with E-state index in [-0.39, 0.29) is 5.54 Å². The van der Waals surface area contributed by atoms with Gasteiger partial charge in [-0.1, -0.05) is 0 Å². The summed E-state index contributed by atoms with van der Waals surface area (Å²) in [6.45, 7) is 10.5. The maximum absolute atomic E-state index is 11.1. The van der Waals surface area contributed by atoms with Crippen molar-refractivity contribution in [1.82, 2.24) is 20.9 Å². The summed E-state index contributed by atoms with van der Waals surface area (Å²) in [7, 11) is 0. The maximum atomic E-state index is 11.1. The summed E-state index contributed by atoms with van der Waals surface area (Å²) < 4.78 is 0. The monoisotopic (exact) mass is 228 g/mol. The molecule has 3 N–H and O–H groups in total. The molecule has 1 heterocycles. The average molecular weight is 228 g/mol. The molecule has 1 amide bonds. The van der Waals surface area contributed by atoms with Gasteiger partial charge in [0.05, 0.1) is 0 Å². The first-order chi connectivity index (χ1) is 7.67. The van der Waals surface area contributed by atoms with Crippen molar-refractivity contribution in [3.8, 4) is 0 Å². The number of carbonyl (C=O) groups excluding carboxylic acids is 1. The molecule has 0 aromatic heterocycles. The molecule has 0 unspecified atom stereocenters. The lowest BCUT2D eigenvalue weighted by molar-refractivity contribution is -0.122. The topological polar surface area (TPSA) is 56.4 Å². The summed E-state index contributed by atoms with van der Waals surface area (Å²) in [6.07, 6.45) is 0.952. The Balaban J connectivity index is 2.49. The van der Waals surface area contributed by atoms with Crippen molar-refractivity contribution in [3.63, 3.8) is 0 Å². The van der Waals surface area contributed by atoms with Crippen LogP contribution in [0.4, 0.5) is 0 Å². The summed E-state index contributed by atoms with van der Waals surface area (Å²) >= 11 is 0. The van der Waals surface area contributed by atoms with Crippen molar-refractivity contribution in [2.45, 2.75) is 19.4 Å². The van der Waals surface area contributed by atoms with Gasteiger partial charge in [0.25, 0.3) is 0 Å². The van der Waals surface area contributed by atoms with Gasteiger partial charge in [0.2, 0.25) is 6.41 Å². The number of nitrogens with zero attached hydrogens (tertiary/aromatic N) is 1. The molecule has 16 heavy (non-hydrogen) atoms. The Kier molecular flexibility index (Phi) is 5.73. The standard InChI is InChI=1S/C11H24N4O/c1-11(2)9-14-6-5-12-3-4-13-7-8-15(11)10-16/h10,12-14H,3-9H2,1-2H3. The summed E-state index contributed by atoms with van der Waals surface area (Å²) in [5.41, 5.74) is -0.122. The lowest BCUT2D eigenvalue weighted by Crippen LogP contribution is -2.53. The van der Waals surface area contributed by atoms with Gasteiger partial charge in [-0.05, 0) is 13.8 Å². The molecule has 0 aliphatic carbocycles. The van der Waals surface area contributed by atoms with Crippen molar-refractivity contribution in [3.05, 3.63) is 0 Å². The van der Waals surface area contributed by atoms with E-state index in [1.54, 1.807) is 0 Å². The highest BCUT2D eigenvalue weighted by Crippen LogP contribution is 2.10. The fourth-order valence-electron chi connectivity index (χ4n) is 1.80. The summed E-state index contributed by atoms with van der Waals surface area (Å²) in [5.74, 6) is 0. The molecule has 0 radical (unpaired) electrons. The third-order valence-electron chi connectivity index (χ3n) is 2.95. The number of hydrogen-bond donors (Lipinski definition) is 3. The Labute approximate surface area is 98.0 Å². The first kappa shape index (κ1) is 13.4. The van der Waals surface area contributed by atoms with Crippen LogP contribution in [0.1, 0.15) is 13.8 Å². The second kappa shape index (κ2) is 6.83. The van der Waals surface area contributed by atoms with E-state index in [9.17, 15) is 4.79 Å². The first-order valence-corrected chi connectivity index (χ1v) is 6.01. The Hall–Kier alpha value is -0.650. The van der Waals surface area contributed by atoms with Gasteiger partial charge >= 0.3 is 0 Å². The Bertz CT molecular complexity index is 208. The van der Waals surface area contributed by atoms with E-state index in [1.807, 2.05) is 4.90 Å². The second-order valence-corrected chi connectivity index (χ2v) is 4.79. The van der Waals surface area contributed by atoms with E-state index in [1.165, 1.54) is 0 Å². The number of carbonyl (C=O) groups is 1. The minimum absolute atomic E-state index is 0.122. The van der Waals surface area contributed by atoms with Gasteiger partial charge in [0.15, 0.2) is 0 Å². The minimum Gasteiger partial charge on any atom is -0.338 e. The molecule has 0 bridgehead atoms. The molecule has 1 saturated heterocycles. The van der Waals surface area contributed by atoms with Crippen LogP contribution >= 0.6 is 0 Å². The Morgan fingerprint density at radius 1 is 1.00 bits per heavy atom. The van der Waals surface area contributed by atoms with Crippen LogP contribution in [-0.2, 0) is 4.79 Å². The molecule has 0 saturated carbocycles. The molecule has 94 valence electrons. The molecule has 1 fully saturated rings. The van der Waals surface area contributed by atoms with E-state index in [2.05, 4.69) is 29.8 Å². The van der Waals surface area contributed by atoms with E-state index in [0.717, 1.165) is 52.2 Å². The summed E-state index contributed by atoms with van der Waals surface area (Å²) in [4.78, 5) is 12.9. The van der Waals surface area contributed by atoms with Crippen LogP contribution in [0.15, 0.2) is 0 Å². The van der Waals surface area contributed by atoms with E-state index >= 15 is 0 Å². The SMILES string of the molecule is CC1(C)CNCCNCCNCCN1C=O. The number of hydrogen-bond acceptors (Lipinski definition) is 4. The predicted octanol–water partition coefficient (Wildman–Crippen LogP) is -0.994. The maximum Gasteiger partial charge on any atom is 0.210 e. The second-order valence-electron chi connectivity index (χ2n) is 4.79. The highest BCUT2D eigenvalue weighted by Gasteiger charge is 2.24. The summed E-state index contributed by atoms with van der Waals surface area (Å²) in [5, 5.41) is 10.0. The van der Waals surface area contributed by atoms with Crippen LogP contribution in [0.25, 0.3) is 0 Å². The fraction of sp³-hybridized carbons (Fsp3) is 0.909. The summed E-state index contributed by atoms with van der Waals surface area (Å²) in [6, 6.07) is 0.